The van der Waals surface area contributed by atoms with Crippen molar-refractivity contribution in [2.75, 3.05) is 39.5 Å². The second kappa shape index (κ2) is 6.32. The molecule has 1 aliphatic heterocycles. The van der Waals surface area contributed by atoms with Gasteiger partial charge in [-0.25, -0.2) is 0 Å². The second-order valence-electron chi connectivity index (χ2n) is 3.87. The summed E-state index contributed by atoms with van der Waals surface area (Å²) in [6.07, 6.45) is 3.90. The fraction of sp³-hybridized carbons (Fsp3) is 0.500. The van der Waals surface area contributed by atoms with Gasteiger partial charge in [0, 0.05) is 31.4 Å². The molecule has 92 valence electrons. The number of ether oxygens (including phenoxy) is 2. The smallest absolute Gasteiger partial charge is 0.151 e. The van der Waals surface area contributed by atoms with Crippen LogP contribution in [0.25, 0.3) is 0 Å². The summed E-state index contributed by atoms with van der Waals surface area (Å²) in [5, 5.41) is 0. The Morgan fingerprint density at radius 3 is 3.00 bits per heavy atom. The minimum atomic E-state index is 0.536. The van der Waals surface area contributed by atoms with E-state index in [0.717, 1.165) is 39.1 Å². The molecule has 1 aliphatic rings. The molecule has 0 saturated carbocycles. The van der Waals surface area contributed by atoms with Crippen molar-refractivity contribution in [2.45, 2.75) is 0 Å². The average Bonchev–Trinajstić information content (AvgIpc) is 2.40. The zero-order valence-electron chi connectivity index (χ0n) is 9.67. The number of morpholine rings is 1. The summed E-state index contributed by atoms with van der Waals surface area (Å²) in [4.78, 5) is 16.8. The number of hydrogen-bond acceptors (Lipinski definition) is 5. The molecule has 5 nitrogen and oxygen atoms in total. The summed E-state index contributed by atoms with van der Waals surface area (Å²) in [5.74, 6) is 0.642. The van der Waals surface area contributed by atoms with Crippen molar-refractivity contribution in [1.82, 2.24) is 9.88 Å². The molecule has 0 N–H and O–H groups in total. The van der Waals surface area contributed by atoms with E-state index in [1.807, 2.05) is 0 Å². The van der Waals surface area contributed by atoms with Gasteiger partial charge in [0.15, 0.2) is 6.29 Å². The van der Waals surface area contributed by atoms with Crippen molar-refractivity contribution >= 4 is 6.29 Å². The second-order valence-corrected chi connectivity index (χ2v) is 3.87. The van der Waals surface area contributed by atoms with Crippen LogP contribution in [-0.4, -0.2) is 55.6 Å². The van der Waals surface area contributed by atoms with Gasteiger partial charge in [-0.1, -0.05) is 0 Å². The maximum absolute atomic E-state index is 10.6. The molecular weight excluding hydrogens is 220 g/mol. The highest BCUT2D eigenvalue weighted by atomic mass is 16.5. The molecule has 1 aromatic rings. The van der Waals surface area contributed by atoms with Gasteiger partial charge >= 0.3 is 0 Å². The van der Waals surface area contributed by atoms with Gasteiger partial charge in [0.2, 0.25) is 0 Å². The van der Waals surface area contributed by atoms with Crippen LogP contribution in [0.5, 0.6) is 5.75 Å². The Hall–Kier alpha value is -1.46. The molecule has 0 aliphatic carbocycles. The maximum Gasteiger partial charge on any atom is 0.151 e. The van der Waals surface area contributed by atoms with Gasteiger partial charge < -0.3 is 9.47 Å². The first-order chi connectivity index (χ1) is 8.38. The summed E-state index contributed by atoms with van der Waals surface area (Å²) in [6, 6.07) is 1.69. The van der Waals surface area contributed by atoms with Crippen LogP contribution < -0.4 is 4.74 Å². The standard InChI is InChI=1S/C12H16N2O3/c15-10-11-7-12(9-13-8-11)17-6-3-14-1-4-16-5-2-14/h7-10H,1-6H2. The Bertz CT molecular complexity index is 365. The van der Waals surface area contributed by atoms with Gasteiger partial charge in [-0.05, 0) is 6.07 Å². The third-order valence-electron chi connectivity index (χ3n) is 2.65. The Morgan fingerprint density at radius 2 is 2.24 bits per heavy atom. The summed E-state index contributed by atoms with van der Waals surface area (Å²) < 4.78 is 10.8. The molecule has 0 radical (unpaired) electrons. The van der Waals surface area contributed by atoms with Crippen LogP contribution >= 0.6 is 0 Å². The third kappa shape index (κ3) is 3.80. The fourth-order valence-electron chi connectivity index (χ4n) is 1.70. The zero-order chi connectivity index (χ0) is 11.9. The van der Waals surface area contributed by atoms with Gasteiger partial charge in [0.05, 0.1) is 19.4 Å². The quantitative estimate of drug-likeness (QED) is 0.701. The molecular formula is C12H16N2O3. The van der Waals surface area contributed by atoms with E-state index >= 15 is 0 Å². The van der Waals surface area contributed by atoms with E-state index in [9.17, 15) is 4.79 Å². The first-order valence-electron chi connectivity index (χ1n) is 5.71. The Labute approximate surface area is 100 Å². The predicted molar refractivity (Wildman–Crippen MR) is 62.4 cm³/mol. The van der Waals surface area contributed by atoms with E-state index in [1.54, 1.807) is 12.3 Å². The van der Waals surface area contributed by atoms with E-state index in [1.165, 1.54) is 6.20 Å². The maximum atomic E-state index is 10.6. The summed E-state index contributed by atoms with van der Waals surface area (Å²) >= 11 is 0. The highest BCUT2D eigenvalue weighted by Crippen LogP contribution is 2.09. The van der Waals surface area contributed by atoms with Crippen LogP contribution in [0, 0.1) is 0 Å². The first-order valence-corrected chi connectivity index (χ1v) is 5.71. The van der Waals surface area contributed by atoms with Gasteiger partial charge in [-0.3, -0.25) is 14.7 Å². The van der Waals surface area contributed by atoms with Crippen LogP contribution in [0.4, 0.5) is 0 Å². The molecule has 0 spiro atoms. The normalized spacial score (nSPS) is 16.7. The van der Waals surface area contributed by atoms with E-state index < -0.39 is 0 Å². The van der Waals surface area contributed by atoms with Crippen molar-refractivity contribution in [3.05, 3.63) is 24.0 Å². The molecule has 2 heterocycles. The molecule has 0 aromatic carbocycles. The molecule has 0 bridgehead atoms. The lowest BCUT2D eigenvalue weighted by atomic mass is 10.3. The third-order valence-corrected chi connectivity index (χ3v) is 2.65. The van der Waals surface area contributed by atoms with E-state index in [2.05, 4.69) is 9.88 Å². The van der Waals surface area contributed by atoms with E-state index in [-0.39, 0.29) is 0 Å². The van der Waals surface area contributed by atoms with Crippen molar-refractivity contribution < 1.29 is 14.3 Å². The average molecular weight is 236 g/mol. The number of pyridine rings is 1. The first kappa shape index (κ1) is 12.0. The summed E-state index contributed by atoms with van der Waals surface area (Å²) in [6.45, 7) is 4.97. The predicted octanol–water partition coefficient (Wildman–Crippen LogP) is 0.605. The molecule has 2 rings (SSSR count). The monoisotopic (exact) mass is 236 g/mol. The number of aromatic nitrogens is 1. The van der Waals surface area contributed by atoms with Crippen LogP contribution in [0.15, 0.2) is 18.5 Å². The van der Waals surface area contributed by atoms with Crippen LogP contribution in [0.1, 0.15) is 10.4 Å². The lowest BCUT2D eigenvalue weighted by Crippen LogP contribution is -2.38. The molecule has 1 fully saturated rings. The van der Waals surface area contributed by atoms with E-state index in [4.69, 9.17) is 9.47 Å². The zero-order valence-corrected chi connectivity index (χ0v) is 9.67. The van der Waals surface area contributed by atoms with Gasteiger partial charge in [0.25, 0.3) is 0 Å². The Kier molecular flexibility index (Phi) is 4.46. The number of hydrogen-bond donors (Lipinski definition) is 0. The van der Waals surface area contributed by atoms with E-state index in [0.29, 0.717) is 17.9 Å². The molecule has 0 atom stereocenters. The SMILES string of the molecule is O=Cc1cncc(OCCN2CCOCC2)c1. The summed E-state index contributed by atoms with van der Waals surface area (Å²) in [7, 11) is 0. The largest absolute Gasteiger partial charge is 0.491 e. The Morgan fingerprint density at radius 1 is 1.41 bits per heavy atom. The topological polar surface area (TPSA) is 51.7 Å². The molecule has 1 saturated heterocycles. The number of nitrogens with zero attached hydrogens (tertiary/aromatic N) is 2. The Balaban J connectivity index is 1.75. The van der Waals surface area contributed by atoms with Crippen molar-refractivity contribution in [1.29, 1.82) is 0 Å². The van der Waals surface area contributed by atoms with Crippen molar-refractivity contribution in [2.24, 2.45) is 0 Å². The minimum absolute atomic E-state index is 0.536. The number of carbonyl (C=O) groups excluding carboxylic acids is 1. The molecule has 17 heavy (non-hydrogen) atoms. The van der Waals surface area contributed by atoms with Crippen LogP contribution in [-0.2, 0) is 4.74 Å². The highest BCUT2D eigenvalue weighted by Gasteiger charge is 2.09. The molecule has 0 amide bonds. The molecule has 0 unspecified atom stereocenters. The van der Waals surface area contributed by atoms with Gasteiger partial charge in [-0.2, -0.15) is 0 Å². The van der Waals surface area contributed by atoms with Crippen molar-refractivity contribution in [3.8, 4) is 5.75 Å². The number of rotatable bonds is 5. The molecule has 1 aromatic heterocycles. The van der Waals surface area contributed by atoms with Crippen molar-refractivity contribution in [3.63, 3.8) is 0 Å². The van der Waals surface area contributed by atoms with Gasteiger partial charge in [-0.15, -0.1) is 0 Å². The number of aldehydes is 1. The van der Waals surface area contributed by atoms with Crippen LogP contribution in [0.2, 0.25) is 0 Å². The molecule has 5 heteroatoms. The number of carbonyl (C=O) groups is 1. The van der Waals surface area contributed by atoms with Gasteiger partial charge in [0.1, 0.15) is 12.4 Å². The highest BCUT2D eigenvalue weighted by molar-refractivity contribution is 5.74. The lowest BCUT2D eigenvalue weighted by Gasteiger charge is -2.26. The summed E-state index contributed by atoms with van der Waals surface area (Å²) in [5.41, 5.74) is 0.536. The lowest BCUT2D eigenvalue weighted by molar-refractivity contribution is 0.0322. The van der Waals surface area contributed by atoms with Crippen LogP contribution in [0.3, 0.4) is 0 Å². The fourth-order valence-corrected chi connectivity index (χ4v) is 1.70. The minimum Gasteiger partial charge on any atom is -0.491 e.